The molecule has 2 aromatic heterocycles. The highest BCUT2D eigenvalue weighted by Gasteiger charge is 2.05. The van der Waals surface area contributed by atoms with Gasteiger partial charge in [0.15, 0.2) is 6.29 Å². The standard InChI is InChI=1S/C7H3BrOS2/c8-5-3-10-6-1-4(2-9)11-7(5)6/h1-3H. The number of carbonyl (C=O) groups is 1. The second-order valence-electron chi connectivity index (χ2n) is 2.04. The van der Waals surface area contributed by atoms with Crippen molar-refractivity contribution in [3.05, 3.63) is 20.8 Å². The van der Waals surface area contributed by atoms with E-state index in [4.69, 9.17) is 0 Å². The third kappa shape index (κ3) is 1.15. The Morgan fingerprint density at radius 3 is 3.00 bits per heavy atom. The lowest BCUT2D eigenvalue weighted by atomic mass is 10.5. The van der Waals surface area contributed by atoms with E-state index in [1.54, 1.807) is 11.3 Å². The fourth-order valence-corrected chi connectivity index (χ4v) is 3.70. The van der Waals surface area contributed by atoms with E-state index in [9.17, 15) is 4.79 Å². The molecule has 0 spiro atoms. The van der Waals surface area contributed by atoms with Crippen LogP contribution >= 0.6 is 38.6 Å². The minimum atomic E-state index is 0.799. The Bertz CT molecular complexity index is 401. The van der Waals surface area contributed by atoms with Gasteiger partial charge in [-0.2, -0.15) is 0 Å². The summed E-state index contributed by atoms with van der Waals surface area (Å²) in [7, 11) is 0. The summed E-state index contributed by atoms with van der Waals surface area (Å²) >= 11 is 6.60. The van der Waals surface area contributed by atoms with Gasteiger partial charge in [-0.15, -0.1) is 22.7 Å². The van der Waals surface area contributed by atoms with Crippen molar-refractivity contribution >= 4 is 54.3 Å². The Morgan fingerprint density at radius 2 is 2.36 bits per heavy atom. The molecular weight excluding hydrogens is 244 g/mol. The van der Waals surface area contributed by atoms with E-state index in [0.29, 0.717) is 0 Å². The van der Waals surface area contributed by atoms with Crippen LogP contribution in [0.25, 0.3) is 9.40 Å². The Kier molecular flexibility index (Phi) is 1.83. The second-order valence-corrected chi connectivity index (χ2v) is 4.89. The average molecular weight is 247 g/mol. The third-order valence-electron chi connectivity index (χ3n) is 1.34. The van der Waals surface area contributed by atoms with Gasteiger partial charge in [-0.05, 0) is 22.0 Å². The monoisotopic (exact) mass is 246 g/mol. The summed E-state index contributed by atoms with van der Waals surface area (Å²) in [5.74, 6) is 0. The molecule has 4 heteroatoms. The largest absolute Gasteiger partial charge is 0.297 e. The Morgan fingerprint density at radius 1 is 1.55 bits per heavy atom. The number of fused-ring (bicyclic) bond motifs is 1. The zero-order valence-corrected chi connectivity index (χ0v) is 8.55. The summed E-state index contributed by atoms with van der Waals surface area (Å²) in [6, 6.07) is 1.92. The van der Waals surface area contributed by atoms with E-state index in [2.05, 4.69) is 15.9 Å². The van der Waals surface area contributed by atoms with E-state index in [-0.39, 0.29) is 0 Å². The summed E-state index contributed by atoms with van der Waals surface area (Å²) in [5, 5.41) is 2.04. The molecule has 0 aliphatic carbocycles. The average Bonchev–Trinajstić information content (AvgIpc) is 2.53. The molecule has 0 aromatic carbocycles. The number of thiophene rings is 2. The maximum atomic E-state index is 10.4. The minimum absolute atomic E-state index is 0.799. The number of hydrogen-bond acceptors (Lipinski definition) is 3. The van der Waals surface area contributed by atoms with Crippen molar-refractivity contribution < 1.29 is 4.79 Å². The van der Waals surface area contributed by atoms with Crippen molar-refractivity contribution in [3.63, 3.8) is 0 Å². The first-order valence-electron chi connectivity index (χ1n) is 2.93. The van der Waals surface area contributed by atoms with Gasteiger partial charge in [0.25, 0.3) is 0 Å². The van der Waals surface area contributed by atoms with Crippen LogP contribution in [0.15, 0.2) is 15.9 Å². The van der Waals surface area contributed by atoms with Crippen LogP contribution in [0.4, 0.5) is 0 Å². The minimum Gasteiger partial charge on any atom is -0.297 e. The van der Waals surface area contributed by atoms with Crippen LogP contribution in [-0.4, -0.2) is 6.29 Å². The highest BCUT2D eigenvalue weighted by Crippen LogP contribution is 2.36. The van der Waals surface area contributed by atoms with Crippen molar-refractivity contribution in [2.45, 2.75) is 0 Å². The van der Waals surface area contributed by atoms with Crippen molar-refractivity contribution in [1.29, 1.82) is 0 Å². The first-order chi connectivity index (χ1) is 5.31. The van der Waals surface area contributed by atoms with Crippen LogP contribution in [0.2, 0.25) is 0 Å². The van der Waals surface area contributed by atoms with Crippen molar-refractivity contribution in [1.82, 2.24) is 0 Å². The molecule has 0 N–H and O–H groups in total. The fourth-order valence-electron chi connectivity index (χ4n) is 0.873. The molecule has 0 unspecified atom stereocenters. The predicted molar refractivity (Wildman–Crippen MR) is 52.8 cm³/mol. The zero-order chi connectivity index (χ0) is 7.84. The lowest BCUT2D eigenvalue weighted by Crippen LogP contribution is -1.62. The molecule has 0 aliphatic rings. The highest BCUT2D eigenvalue weighted by atomic mass is 79.9. The number of rotatable bonds is 1. The Balaban J connectivity index is 2.79. The van der Waals surface area contributed by atoms with Crippen LogP contribution in [0.1, 0.15) is 9.67 Å². The molecule has 0 radical (unpaired) electrons. The van der Waals surface area contributed by atoms with Crippen molar-refractivity contribution in [3.8, 4) is 0 Å². The van der Waals surface area contributed by atoms with Gasteiger partial charge in [0.05, 0.1) is 9.58 Å². The van der Waals surface area contributed by atoms with E-state index in [1.807, 2.05) is 11.4 Å². The van der Waals surface area contributed by atoms with E-state index in [0.717, 1.165) is 15.6 Å². The van der Waals surface area contributed by atoms with E-state index >= 15 is 0 Å². The summed E-state index contributed by atoms with van der Waals surface area (Å²) in [4.78, 5) is 11.2. The molecule has 2 rings (SSSR count). The molecule has 11 heavy (non-hydrogen) atoms. The van der Waals surface area contributed by atoms with Gasteiger partial charge in [-0.3, -0.25) is 4.79 Å². The highest BCUT2D eigenvalue weighted by molar-refractivity contribution is 9.10. The molecule has 0 saturated carbocycles. The van der Waals surface area contributed by atoms with Crippen LogP contribution in [0, 0.1) is 0 Å². The van der Waals surface area contributed by atoms with Crippen LogP contribution in [-0.2, 0) is 0 Å². The third-order valence-corrected chi connectivity index (χ3v) is 4.68. The predicted octanol–water partition coefficient (Wildman–Crippen LogP) is 3.54. The Labute approximate surface area is 79.8 Å². The van der Waals surface area contributed by atoms with Gasteiger partial charge < -0.3 is 0 Å². The molecule has 2 aromatic rings. The van der Waals surface area contributed by atoms with Crippen LogP contribution < -0.4 is 0 Å². The van der Waals surface area contributed by atoms with Gasteiger partial charge in [0, 0.05) is 14.6 Å². The fraction of sp³-hybridized carbons (Fsp3) is 0. The molecule has 1 nitrogen and oxygen atoms in total. The van der Waals surface area contributed by atoms with E-state index < -0.39 is 0 Å². The molecule has 0 saturated heterocycles. The van der Waals surface area contributed by atoms with E-state index in [1.165, 1.54) is 20.7 Å². The summed E-state index contributed by atoms with van der Waals surface area (Å²) < 4.78 is 3.46. The first-order valence-corrected chi connectivity index (χ1v) is 5.42. The van der Waals surface area contributed by atoms with Gasteiger partial charge in [-0.25, -0.2) is 0 Å². The number of hydrogen-bond donors (Lipinski definition) is 0. The number of halogens is 1. The molecule has 0 aliphatic heterocycles. The molecule has 0 amide bonds. The van der Waals surface area contributed by atoms with Crippen LogP contribution in [0.3, 0.4) is 0 Å². The molecule has 0 atom stereocenters. The number of aldehydes is 1. The second kappa shape index (κ2) is 2.69. The topological polar surface area (TPSA) is 17.1 Å². The van der Waals surface area contributed by atoms with Crippen molar-refractivity contribution in [2.24, 2.45) is 0 Å². The maximum Gasteiger partial charge on any atom is 0.160 e. The first kappa shape index (κ1) is 7.46. The van der Waals surface area contributed by atoms with Crippen molar-refractivity contribution in [2.75, 3.05) is 0 Å². The molecule has 56 valence electrons. The Hall–Kier alpha value is -0.190. The molecule has 0 bridgehead atoms. The normalized spacial score (nSPS) is 10.6. The quantitative estimate of drug-likeness (QED) is 0.704. The zero-order valence-electron chi connectivity index (χ0n) is 5.33. The molecule has 0 fully saturated rings. The van der Waals surface area contributed by atoms with Gasteiger partial charge in [0.2, 0.25) is 0 Å². The van der Waals surface area contributed by atoms with Gasteiger partial charge >= 0.3 is 0 Å². The SMILES string of the molecule is O=Cc1cc2scc(Br)c2s1. The lowest BCUT2D eigenvalue weighted by molar-refractivity contribution is 0.112. The summed E-state index contributed by atoms with van der Waals surface area (Å²) in [5.41, 5.74) is 0. The number of carbonyl (C=O) groups excluding carboxylic acids is 1. The summed E-state index contributed by atoms with van der Waals surface area (Å²) in [6.45, 7) is 0. The summed E-state index contributed by atoms with van der Waals surface area (Å²) in [6.07, 6.45) is 0.893. The van der Waals surface area contributed by atoms with Gasteiger partial charge in [0.1, 0.15) is 0 Å². The molecule has 2 heterocycles. The van der Waals surface area contributed by atoms with Crippen LogP contribution in [0.5, 0.6) is 0 Å². The van der Waals surface area contributed by atoms with Gasteiger partial charge in [-0.1, -0.05) is 0 Å². The molecular formula is C7H3BrOS2. The lowest BCUT2D eigenvalue weighted by Gasteiger charge is -1.75. The smallest absolute Gasteiger partial charge is 0.160 e. The maximum absolute atomic E-state index is 10.4.